The van der Waals surface area contributed by atoms with Gasteiger partial charge in [-0.25, -0.2) is 0 Å². The van der Waals surface area contributed by atoms with Crippen LogP contribution < -0.4 is 5.32 Å². The number of hydrogen-bond acceptors (Lipinski definition) is 3. The van der Waals surface area contributed by atoms with Crippen molar-refractivity contribution in [2.75, 3.05) is 19.6 Å². The van der Waals surface area contributed by atoms with Crippen molar-refractivity contribution in [2.24, 2.45) is 5.92 Å². The maximum absolute atomic E-state index is 12.8. The Morgan fingerprint density at radius 3 is 2.73 bits per heavy atom. The van der Waals surface area contributed by atoms with Crippen molar-refractivity contribution in [1.29, 1.82) is 0 Å². The Bertz CT molecular complexity index is 723. The molecule has 2 aliphatic rings. The molecule has 0 spiro atoms. The molecule has 3 heterocycles. The number of aromatic nitrogens is 2. The van der Waals surface area contributed by atoms with E-state index in [4.69, 9.17) is 0 Å². The lowest BCUT2D eigenvalue weighted by Crippen LogP contribution is -2.39. The molecule has 0 aliphatic carbocycles. The van der Waals surface area contributed by atoms with Gasteiger partial charge in [0.1, 0.15) is 0 Å². The average molecular weight is 375 g/mol. The number of nitrogens with one attached hydrogen (secondary N) is 2. The Hall–Kier alpha value is -1.85. The molecule has 5 nitrogen and oxygen atoms in total. The highest BCUT2D eigenvalue weighted by Crippen LogP contribution is 2.25. The molecule has 2 N–H and O–H groups in total. The number of amides is 1. The number of aromatic amines is 1. The van der Waals surface area contributed by atoms with Crippen LogP contribution in [-0.4, -0.2) is 40.6 Å². The van der Waals surface area contributed by atoms with Crippen LogP contribution in [-0.2, 0) is 19.4 Å². The van der Waals surface area contributed by atoms with Crippen LogP contribution in [0, 0.1) is 5.92 Å². The van der Waals surface area contributed by atoms with E-state index in [1.807, 2.05) is 4.90 Å². The number of carbonyl (C=O) groups is 1. The molecule has 2 aliphatic heterocycles. The van der Waals surface area contributed by atoms with Crippen LogP contribution in [0.25, 0.3) is 0 Å². The van der Waals surface area contributed by atoms with Crippen molar-refractivity contribution in [3.05, 3.63) is 52.8 Å². The van der Waals surface area contributed by atoms with Gasteiger partial charge in [-0.3, -0.25) is 9.89 Å². The monoisotopic (exact) mass is 374 g/mol. The summed E-state index contributed by atoms with van der Waals surface area (Å²) in [7, 11) is 0. The highest BCUT2D eigenvalue weighted by Gasteiger charge is 2.28. The van der Waals surface area contributed by atoms with Crippen molar-refractivity contribution < 1.29 is 4.79 Å². The molecular formula is C20H27ClN4O. The third-order valence-corrected chi connectivity index (χ3v) is 5.59. The number of nitrogens with zero attached hydrogens (tertiary/aromatic N) is 2. The van der Waals surface area contributed by atoms with Crippen molar-refractivity contribution in [3.8, 4) is 0 Å². The molecule has 0 saturated carbocycles. The summed E-state index contributed by atoms with van der Waals surface area (Å²) < 4.78 is 0. The van der Waals surface area contributed by atoms with Crippen molar-refractivity contribution >= 4 is 18.3 Å². The predicted molar refractivity (Wildman–Crippen MR) is 105 cm³/mol. The van der Waals surface area contributed by atoms with E-state index in [1.165, 1.54) is 12.0 Å². The van der Waals surface area contributed by atoms with Gasteiger partial charge in [0.15, 0.2) is 5.69 Å². The number of hydrogen-bond donors (Lipinski definition) is 2. The van der Waals surface area contributed by atoms with E-state index < -0.39 is 0 Å². The summed E-state index contributed by atoms with van der Waals surface area (Å²) in [6, 6.07) is 10.7. The summed E-state index contributed by atoms with van der Waals surface area (Å²) >= 11 is 0. The maximum Gasteiger partial charge on any atom is 0.274 e. The van der Waals surface area contributed by atoms with Gasteiger partial charge >= 0.3 is 0 Å². The van der Waals surface area contributed by atoms with Gasteiger partial charge in [0.25, 0.3) is 5.91 Å². The van der Waals surface area contributed by atoms with E-state index in [2.05, 4.69) is 45.8 Å². The molecule has 0 bridgehead atoms. The van der Waals surface area contributed by atoms with E-state index in [9.17, 15) is 4.79 Å². The van der Waals surface area contributed by atoms with Crippen LogP contribution in [0.2, 0.25) is 0 Å². The minimum atomic E-state index is 0. The molecule has 6 heteroatoms. The smallest absolute Gasteiger partial charge is 0.274 e. The fourth-order valence-electron chi connectivity index (χ4n) is 3.99. The molecule has 1 amide bonds. The van der Waals surface area contributed by atoms with E-state index in [0.717, 1.165) is 69.0 Å². The minimum absolute atomic E-state index is 0. The standard InChI is InChI=1S/C20H26N4O.ClH/c25-20(19-17-14-21-11-8-18(17)22-23-19)24-12-9-16(10-13-24)7-6-15-4-2-1-3-5-15;/h1-5,16,21H,6-14H2,(H,22,23);1H. The topological polar surface area (TPSA) is 61.0 Å². The molecule has 0 atom stereocenters. The second-order valence-corrected chi connectivity index (χ2v) is 7.22. The molecule has 1 aromatic heterocycles. The number of aryl methyl sites for hydroxylation is 1. The zero-order valence-electron chi connectivity index (χ0n) is 15.0. The number of piperidine rings is 1. The molecule has 4 rings (SSSR count). The Morgan fingerprint density at radius 1 is 1.19 bits per heavy atom. The SMILES string of the molecule is Cl.O=C(c1n[nH]c2c1CNCC2)N1CCC(CCc2ccccc2)CC1. The molecule has 2 aromatic rings. The highest BCUT2D eigenvalue weighted by atomic mass is 35.5. The lowest BCUT2D eigenvalue weighted by Gasteiger charge is -2.32. The van der Waals surface area contributed by atoms with Gasteiger partial charge in [-0.2, -0.15) is 5.10 Å². The van der Waals surface area contributed by atoms with E-state index in [-0.39, 0.29) is 18.3 Å². The number of halogens is 1. The number of rotatable bonds is 4. The van der Waals surface area contributed by atoms with Crippen LogP contribution in [0.3, 0.4) is 0 Å². The van der Waals surface area contributed by atoms with Gasteiger partial charge in [-0.15, -0.1) is 12.4 Å². The summed E-state index contributed by atoms with van der Waals surface area (Å²) in [6.07, 6.45) is 5.48. The lowest BCUT2D eigenvalue weighted by atomic mass is 9.90. The van der Waals surface area contributed by atoms with E-state index in [1.54, 1.807) is 0 Å². The number of fused-ring (bicyclic) bond motifs is 1. The van der Waals surface area contributed by atoms with Crippen LogP contribution in [0.4, 0.5) is 0 Å². The van der Waals surface area contributed by atoms with Crippen molar-refractivity contribution in [2.45, 2.75) is 38.6 Å². The molecule has 0 unspecified atom stereocenters. The Kier molecular flexibility index (Phi) is 6.33. The van der Waals surface area contributed by atoms with Gasteiger partial charge < -0.3 is 10.2 Å². The molecule has 1 aromatic carbocycles. The van der Waals surface area contributed by atoms with Crippen molar-refractivity contribution in [3.63, 3.8) is 0 Å². The summed E-state index contributed by atoms with van der Waals surface area (Å²) in [5.74, 6) is 0.821. The second kappa shape index (κ2) is 8.69. The van der Waals surface area contributed by atoms with Gasteiger partial charge in [0.2, 0.25) is 0 Å². The predicted octanol–water partition coefficient (Wildman–Crippen LogP) is 2.96. The number of benzene rings is 1. The molecule has 26 heavy (non-hydrogen) atoms. The first kappa shape index (κ1) is 18.9. The summed E-state index contributed by atoms with van der Waals surface area (Å²) in [5.41, 5.74) is 4.24. The average Bonchev–Trinajstić information content (AvgIpc) is 3.11. The zero-order chi connectivity index (χ0) is 17.1. The largest absolute Gasteiger partial charge is 0.337 e. The van der Waals surface area contributed by atoms with Gasteiger partial charge in [-0.05, 0) is 37.2 Å². The number of carbonyl (C=O) groups excluding carboxylic acids is 1. The summed E-state index contributed by atoms with van der Waals surface area (Å²) in [6.45, 7) is 3.41. The Morgan fingerprint density at radius 2 is 1.96 bits per heavy atom. The summed E-state index contributed by atoms with van der Waals surface area (Å²) in [4.78, 5) is 14.8. The third-order valence-electron chi connectivity index (χ3n) is 5.59. The normalized spacial score (nSPS) is 17.5. The molecule has 0 radical (unpaired) electrons. The van der Waals surface area contributed by atoms with Crippen LogP contribution in [0.15, 0.2) is 30.3 Å². The molecule has 1 fully saturated rings. The number of likely N-dealkylation sites (tertiary alicyclic amines) is 1. The second-order valence-electron chi connectivity index (χ2n) is 7.22. The first-order valence-electron chi connectivity index (χ1n) is 9.41. The minimum Gasteiger partial charge on any atom is -0.337 e. The fraction of sp³-hybridized carbons (Fsp3) is 0.500. The first-order chi connectivity index (χ1) is 12.3. The zero-order valence-corrected chi connectivity index (χ0v) is 15.9. The van der Waals surface area contributed by atoms with Gasteiger partial charge in [0, 0.05) is 43.9 Å². The maximum atomic E-state index is 12.8. The lowest BCUT2D eigenvalue weighted by molar-refractivity contribution is 0.0679. The third kappa shape index (κ3) is 4.10. The number of H-pyrrole nitrogens is 1. The van der Waals surface area contributed by atoms with Crippen LogP contribution >= 0.6 is 12.4 Å². The molecule has 1 saturated heterocycles. The Labute approximate surface area is 161 Å². The Balaban J connectivity index is 0.00000196. The fourth-order valence-corrected chi connectivity index (χ4v) is 3.99. The van der Waals surface area contributed by atoms with E-state index >= 15 is 0 Å². The van der Waals surface area contributed by atoms with Crippen LogP contribution in [0.5, 0.6) is 0 Å². The quantitative estimate of drug-likeness (QED) is 0.864. The molecular weight excluding hydrogens is 348 g/mol. The van der Waals surface area contributed by atoms with Crippen molar-refractivity contribution in [1.82, 2.24) is 20.4 Å². The van der Waals surface area contributed by atoms with Gasteiger partial charge in [-0.1, -0.05) is 30.3 Å². The molecule has 140 valence electrons. The summed E-state index contributed by atoms with van der Waals surface area (Å²) in [5, 5.41) is 10.7. The first-order valence-corrected chi connectivity index (χ1v) is 9.41. The van der Waals surface area contributed by atoms with E-state index in [0.29, 0.717) is 5.69 Å². The van der Waals surface area contributed by atoms with Crippen LogP contribution in [0.1, 0.15) is 46.6 Å². The highest BCUT2D eigenvalue weighted by molar-refractivity contribution is 5.94. The van der Waals surface area contributed by atoms with Gasteiger partial charge in [0.05, 0.1) is 0 Å².